The van der Waals surface area contributed by atoms with Crippen LogP contribution in [0.25, 0.3) is 0 Å². The standard InChI is InChI=1S/C13H19N3O4/c1-16(2)10-6-4-9(5-7-10)14-13(19)15-11(8-20-3)12(17)18/h4-7,11H,8H2,1-3H3,(H,17,18)(H2,14,15,19). The van der Waals surface area contributed by atoms with Crippen LogP contribution >= 0.6 is 0 Å². The van der Waals surface area contributed by atoms with E-state index in [0.29, 0.717) is 5.69 Å². The molecule has 0 aliphatic rings. The van der Waals surface area contributed by atoms with Crippen LogP contribution in [0.2, 0.25) is 0 Å². The van der Waals surface area contributed by atoms with Crippen LogP contribution in [0.4, 0.5) is 16.2 Å². The van der Waals surface area contributed by atoms with Gasteiger partial charge in [0.2, 0.25) is 0 Å². The van der Waals surface area contributed by atoms with Gasteiger partial charge in [0.15, 0.2) is 6.04 Å². The van der Waals surface area contributed by atoms with Crippen LogP contribution in [0.5, 0.6) is 0 Å². The van der Waals surface area contributed by atoms with Gasteiger partial charge in [-0.3, -0.25) is 0 Å². The fourth-order valence-electron chi connectivity index (χ4n) is 1.51. The normalized spacial score (nSPS) is 11.6. The highest BCUT2D eigenvalue weighted by Crippen LogP contribution is 2.15. The van der Waals surface area contributed by atoms with E-state index in [4.69, 9.17) is 9.84 Å². The first kappa shape index (κ1) is 15.8. The lowest BCUT2D eigenvalue weighted by atomic mass is 10.2. The minimum Gasteiger partial charge on any atom is -0.480 e. The van der Waals surface area contributed by atoms with Crippen molar-refractivity contribution in [2.24, 2.45) is 0 Å². The number of rotatable bonds is 6. The van der Waals surface area contributed by atoms with Crippen molar-refractivity contribution >= 4 is 23.4 Å². The van der Waals surface area contributed by atoms with Crippen molar-refractivity contribution in [3.63, 3.8) is 0 Å². The second-order valence-corrected chi connectivity index (χ2v) is 4.39. The number of nitrogens with one attached hydrogen (secondary N) is 2. The zero-order valence-corrected chi connectivity index (χ0v) is 11.7. The smallest absolute Gasteiger partial charge is 0.328 e. The van der Waals surface area contributed by atoms with Crippen molar-refractivity contribution in [3.05, 3.63) is 24.3 Å². The second-order valence-electron chi connectivity index (χ2n) is 4.39. The maximum absolute atomic E-state index is 11.7. The monoisotopic (exact) mass is 281 g/mol. The van der Waals surface area contributed by atoms with Crippen molar-refractivity contribution in [1.29, 1.82) is 0 Å². The molecule has 1 unspecified atom stereocenters. The van der Waals surface area contributed by atoms with Crippen molar-refractivity contribution in [2.45, 2.75) is 6.04 Å². The largest absolute Gasteiger partial charge is 0.480 e. The number of aliphatic carboxylic acids is 1. The zero-order chi connectivity index (χ0) is 15.1. The van der Waals surface area contributed by atoms with Crippen molar-refractivity contribution in [2.75, 3.05) is 38.0 Å². The molecule has 1 aromatic carbocycles. The van der Waals surface area contributed by atoms with Gasteiger partial charge in [0.1, 0.15) is 0 Å². The highest BCUT2D eigenvalue weighted by Gasteiger charge is 2.19. The van der Waals surface area contributed by atoms with Gasteiger partial charge in [0.05, 0.1) is 6.61 Å². The van der Waals surface area contributed by atoms with Crippen molar-refractivity contribution in [1.82, 2.24) is 5.32 Å². The Labute approximate surface area is 117 Å². The van der Waals surface area contributed by atoms with E-state index in [1.807, 2.05) is 31.1 Å². The van der Waals surface area contributed by atoms with E-state index in [1.165, 1.54) is 7.11 Å². The summed E-state index contributed by atoms with van der Waals surface area (Å²) in [5.41, 5.74) is 1.58. The fraction of sp³-hybridized carbons (Fsp3) is 0.385. The Bertz CT molecular complexity index is 459. The molecule has 1 aromatic rings. The van der Waals surface area contributed by atoms with Crippen LogP contribution in [-0.2, 0) is 9.53 Å². The van der Waals surface area contributed by atoms with Gasteiger partial charge >= 0.3 is 12.0 Å². The third kappa shape index (κ3) is 4.77. The number of carboxylic acid groups (broad SMARTS) is 1. The Morgan fingerprint density at radius 3 is 2.35 bits per heavy atom. The van der Waals surface area contributed by atoms with Crippen LogP contribution in [0.1, 0.15) is 0 Å². The minimum atomic E-state index is -1.15. The van der Waals surface area contributed by atoms with Gasteiger partial charge in [-0.25, -0.2) is 9.59 Å². The molecule has 0 aliphatic heterocycles. The van der Waals surface area contributed by atoms with E-state index >= 15 is 0 Å². The summed E-state index contributed by atoms with van der Waals surface area (Å²) in [4.78, 5) is 24.5. The molecule has 20 heavy (non-hydrogen) atoms. The van der Waals surface area contributed by atoms with Crippen molar-refractivity contribution in [3.8, 4) is 0 Å². The summed E-state index contributed by atoms with van der Waals surface area (Å²) in [5, 5.41) is 13.8. The van der Waals surface area contributed by atoms with E-state index in [9.17, 15) is 9.59 Å². The number of benzene rings is 1. The first-order valence-corrected chi connectivity index (χ1v) is 6.00. The summed E-state index contributed by atoms with van der Waals surface area (Å²) in [6, 6.07) is 5.49. The average molecular weight is 281 g/mol. The van der Waals surface area contributed by atoms with E-state index in [2.05, 4.69) is 10.6 Å². The molecular weight excluding hydrogens is 262 g/mol. The molecule has 0 fully saturated rings. The lowest BCUT2D eigenvalue weighted by molar-refractivity contribution is -0.140. The molecule has 0 saturated heterocycles. The highest BCUT2D eigenvalue weighted by molar-refractivity contribution is 5.92. The van der Waals surface area contributed by atoms with Crippen LogP contribution < -0.4 is 15.5 Å². The van der Waals surface area contributed by atoms with Gasteiger partial charge in [-0.1, -0.05) is 0 Å². The third-order valence-corrected chi connectivity index (χ3v) is 2.58. The number of urea groups is 1. The summed E-state index contributed by atoms with van der Waals surface area (Å²) in [6.07, 6.45) is 0. The lowest BCUT2D eigenvalue weighted by Crippen LogP contribution is -2.45. The topological polar surface area (TPSA) is 90.9 Å². The maximum atomic E-state index is 11.7. The van der Waals surface area contributed by atoms with Gasteiger partial charge < -0.3 is 25.4 Å². The van der Waals surface area contributed by atoms with Gasteiger partial charge in [-0.15, -0.1) is 0 Å². The minimum absolute atomic E-state index is 0.0949. The Morgan fingerprint density at radius 1 is 1.30 bits per heavy atom. The number of carbonyl (C=O) groups excluding carboxylic acids is 1. The van der Waals surface area contributed by atoms with E-state index in [-0.39, 0.29) is 6.61 Å². The summed E-state index contributed by atoms with van der Waals surface area (Å²) in [7, 11) is 5.20. The van der Waals surface area contributed by atoms with Gasteiger partial charge in [0, 0.05) is 32.6 Å². The fourth-order valence-corrected chi connectivity index (χ4v) is 1.51. The molecule has 0 aliphatic carbocycles. The average Bonchev–Trinajstić information content (AvgIpc) is 2.38. The van der Waals surface area contributed by atoms with Gasteiger partial charge in [-0.05, 0) is 24.3 Å². The molecule has 1 rings (SSSR count). The summed E-state index contributed by atoms with van der Waals surface area (Å²) in [5.74, 6) is -1.15. The second kappa shape index (κ2) is 7.34. The Hall–Kier alpha value is -2.28. The number of methoxy groups -OCH3 is 1. The molecule has 0 spiro atoms. The highest BCUT2D eigenvalue weighted by atomic mass is 16.5. The first-order valence-electron chi connectivity index (χ1n) is 6.00. The van der Waals surface area contributed by atoms with Crippen LogP contribution in [0, 0.1) is 0 Å². The Balaban J connectivity index is 2.59. The number of amides is 2. The molecule has 0 bridgehead atoms. The lowest BCUT2D eigenvalue weighted by Gasteiger charge is -2.15. The molecule has 7 heteroatoms. The Morgan fingerprint density at radius 2 is 1.90 bits per heavy atom. The third-order valence-electron chi connectivity index (χ3n) is 2.58. The summed E-state index contributed by atoms with van der Waals surface area (Å²) in [6.45, 7) is -0.0949. The number of carboxylic acids is 1. The number of ether oxygens (including phenoxy) is 1. The molecule has 1 atom stereocenters. The molecule has 0 heterocycles. The quantitative estimate of drug-likeness (QED) is 0.723. The number of hydrogen-bond donors (Lipinski definition) is 3. The zero-order valence-electron chi connectivity index (χ0n) is 11.7. The first-order chi connectivity index (χ1) is 9.43. The van der Waals surface area contributed by atoms with Gasteiger partial charge in [0.25, 0.3) is 0 Å². The predicted octanol–water partition coefficient (Wildman–Crippen LogP) is 0.974. The van der Waals surface area contributed by atoms with Crippen LogP contribution in [0.15, 0.2) is 24.3 Å². The maximum Gasteiger partial charge on any atom is 0.328 e. The number of anilines is 2. The molecule has 0 radical (unpaired) electrons. The van der Waals surface area contributed by atoms with E-state index < -0.39 is 18.0 Å². The van der Waals surface area contributed by atoms with Crippen molar-refractivity contribution < 1.29 is 19.4 Å². The molecule has 110 valence electrons. The van der Waals surface area contributed by atoms with Crippen LogP contribution in [-0.4, -0.2) is 51.0 Å². The van der Waals surface area contributed by atoms with Crippen LogP contribution in [0.3, 0.4) is 0 Å². The molecular formula is C13H19N3O4. The molecule has 2 amide bonds. The van der Waals surface area contributed by atoms with Gasteiger partial charge in [-0.2, -0.15) is 0 Å². The molecule has 3 N–H and O–H groups in total. The number of nitrogens with zero attached hydrogens (tertiary/aromatic N) is 1. The van der Waals surface area contributed by atoms with E-state index in [1.54, 1.807) is 12.1 Å². The number of carbonyl (C=O) groups is 2. The van der Waals surface area contributed by atoms with E-state index in [0.717, 1.165) is 5.69 Å². The SMILES string of the molecule is COCC(NC(=O)Nc1ccc(N(C)C)cc1)C(=O)O. The predicted molar refractivity (Wildman–Crippen MR) is 76.2 cm³/mol. The molecule has 0 saturated carbocycles. The molecule has 0 aromatic heterocycles. The number of hydrogen-bond acceptors (Lipinski definition) is 4. The summed E-state index contributed by atoms with van der Waals surface area (Å²) >= 11 is 0. The Kier molecular flexibility index (Phi) is 5.79. The summed E-state index contributed by atoms with van der Waals surface area (Å²) < 4.78 is 4.73. The molecule has 7 nitrogen and oxygen atoms in total.